The number of unbranched alkanes of at least 4 members (excludes halogenated alkanes) is 1. The van der Waals surface area contributed by atoms with E-state index in [4.69, 9.17) is 0 Å². The molecule has 0 spiro atoms. The molecule has 1 aliphatic rings. The molecule has 6 heteroatoms. The minimum Gasteiger partial charge on any atom is -0.390 e. The lowest BCUT2D eigenvalue weighted by Gasteiger charge is -2.15. The zero-order valence-electron chi connectivity index (χ0n) is 11.5. The van der Waals surface area contributed by atoms with Crippen LogP contribution in [0.25, 0.3) is 0 Å². The lowest BCUT2D eigenvalue weighted by Crippen LogP contribution is -2.27. The van der Waals surface area contributed by atoms with E-state index in [9.17, 15) is 13.5 Å². The molecule has 1 aromatic heterocycles. The monoisotopic (exact) mass is 286 g/mol. The number of aromatic nitrogens is 1. The minimum absolute atomic E-state index is 0.120. The van der Waals surface area contributed by atoms with Crippen LogP contribution in [0, 0.1) is 0 Å². The standard InChI is InChI=1S/C13H22N2O3S/c1-3-4-7-14(2)19(17,18)13-8-12(10-16)15(9-13)11-5-6-11/h8-9,11,16H,3-7,10H2,1-2H3. The molecule has 1 aromatic rings. The number of aliphatic hydroxyl groups is 1. The molecule has 1 saturated carbocycles. The van der Waals surface area contributed by atoms with Gasteiger partial charge in [0.25, 0.3) is 0 Å². The van der Waals surface area contributed by atoms with Crippen LogP contribution in [0.1, 0.15) is 44.3 Å². The first kappa shape index (κ1) is 14.6. The van der Waals surface area contributed by atoms with Gasteiger partial charge in [0.1, 0.15) is 4.90 Å². The topological polar surface area (TPSA) is 62.5 Å². The Kier molecular flexibility index (Phi) is 4.32. The van der Waals surface area contributed by atoms with Gasteiger partial charge in [-0.2, -0.15) is 0 Å². The molecule has 2 rings (SSSR count). The number of hydrogen-bond acceptors (Lipinski definition) is 3. The fraction of sp³-hybridized carbons (Fsp3) is 0.692. The van der Waals surface area contributed by atoms with E-state index >= 15 is 0 Å². The molecule has 1 aliphatic carbocycles. The van der Waals surface area contributed by atoms with Gasteiger partial charge in [-0.15, -0.1) is 0 Å². The number of rotatable bonds is 7. The third kappa shape index (κ3) is 3.01. The Bertz CT molecular complexity index is 532. The van der Waals surface area contributed by atoms with Crippen molar-refractivity contribution in [2.75, 3.05) is 13.6 Å². The van der Waals surface area contributed by atoms with Gasteiger partial charge < -0.3 is 9.67 Å². The molecular weight excluding hydrogens is 264 g/mol. The molecule has 0 amide bonds. The summed E-state index contributed by atoms with van der Waals surface area (Å²) in [5.74, 6) is 0. The van der Waals surface area contributed by atoms with Crippen LogP contribution in [-0.4, -0.2) is 36.0 Å². The quantitative estimate of drug-likeness (QED) is 0.830. The second kappa shape index (κ2) is 5.64. The van der Waals surface area contributed by atoms with Crippen molar-refractivity contribution in [1.29, 1.82) is 0 Å². The van der Waals surface area contributed by atoms with Gasteiger partial charge in [-0.3, -0.25) is 0 Å². The summed E-state index contributed by atoms with van der Waals surface area (Å²) >= 11 is 0. The summed E-state index contributed by atoms with van der Waals surface area (Å²) < 4.78 is 28.1. The predicted octanol–water partition coefficient (Wildman–Crippen LogP) is 1.74. The first-order valence-corrected chi connectivity index (χ1v) is 8.22. The minimum atomic E-state index is -3.43. The molecular formula is C13H22N2O3S. The molecule has 0 bridgehead atoms. The molecule has 19 heavy (non-hydrogen) atoms. The lowest BCUT2D eigenvalue weighted by molar-refractivity contribution is 0.270. The summed E-state index contributed by atoms with van der Waals surface area (Å²) in [5, 5.41) is 9.32. The first-order valence-electron chi connectivity index (χ1n) is 6.78. The summed E-state index contributed by atoms with van der Waals surface area (Å²) in [6.45, 7) is 2.44. The Labute approximate surface area is 114 Å². The SMILES string of the molecule is CCCCN(C)S(=O)(=O)c1cc(CO)n(C2CC2)c1. The van der Waals surface area contributed by atoms with Gasteiger partial charge in [-0.25, -0.2) is 12.7 Å². The molecule has 0 unspecified atom stereocenters. The van der Waals surface area contributed by atoms with Gasteiger partial charge >= 0.3 is 0 Å². The highest BCUT2D eigenvalue weighted by Crippen LogP contribution is 2.37. The van der Waals surface area contributed by atoms with Gasteiger partial charge in [-0.05, 0) is 25.3 Å². The van der Waals surface area contributed by atoms with E-state index in [1.165, 1.54) is 4.31 Å². The Morgan fingerprint density at radius 3 is 2.68 bits per heavy atom. The van der Waals surface area contributed by atoms with Crippen LogP contribution in [-0.2, 0) is 16.6 Å². The maximum atomic E-state index is 12.4. The number of aliphatic hydroxyl groups excluding tert-OH is 1. The molecule has 0 radical (unpaired) electrons. The Morgan fingerprint density at radius 1 is 1.47 bits per heavy atom. The molecule has 0 atom stereocenters. The highest BCUT2D eigenvalue weighted by molar-refractivity contribution is 7.89. The van der Waals surface area contributed by atoms with E-state index in [0.29, 0.717) is 23.2 Å². The van der Waals surface area contributed by atoms with Crippen LogP contribution in [0.5, 0.6) is 0 Å². The molecule has 108 valence electrons. The fourth-order valence-corrected chi connectivity index (χ4v) is 3.40. The first-order chi connectivity index (χ1) is 9.00. The Balaban J connectivity index is 2.24. The van der Waals surface area contributed by atoms with Gasteiger partial charge in [0.15, 0.2) is 0 Å². The smallest absolute Gasteiger partial charge is 0.244 e. The van der Waals surface area contributed by atoms with Gasteiger partial charge in [-0.1, -0.05) is 13.3 Å². The third-order valence-corrected chi connectivity index (χ3v) is 5.37. The predicted molar refractivity (Wildman–Crippen MR) is 73.3 cm³/mol. The molecule has 0 aromatic carbocycles. The average molecular weight is 286 g/mol. The molecule has 1 fully saturated rings. The summed E-state index contributed by atoms with van der Waals surface area (Å²) in [6, 6.07) is 1.96. The van der Waals surface area contributed by atoms with Crippen molar-refractivity contribution in [3.63, 3.8) is 0 Å². The van der Waals surface area contributed by atoms with Crippen molar-refractivity contribution < 1.29 is 13.5 Å². The number of sulfonamides is 1. The summed E-state index contributed by atoms with van der Waals surface area (Å²) in [5.41, 5.74) is 0.685. The molecule has 0 aliphatic heterocycles. The van der Waals surface area contributed by atoms with Crippen molar-refractivity contribution in [2.45, 2.75) is 50.2 Å². The van der Waals surface area contributed by atoms with E-state index < -0.39 is 10.0 Å². The molecule has 1 N–H and O–H groups in total. The van der Waals surface area contributed by atoms with Crippen LogP contribution in [0.2, 0.25) is 0 Å². The van der Waals surface area contributed by atoms with Crippen LogP contribution in [0.4, 0.5) is 0 Å². The van der Waals surface area contributed by atoms with Crippen molar-refractivity contribution >= 4 is 10.0 Å². The lowest BCUT2D eigenvalue weighted by atomic mass is 10.3. The zero-order chi connectivity index (χ0) is 14.0. The summed E-state index contributed by atoms with van der Waals surface area (Å²) in [7, 11) is -1.82. The normalized spacial score (nSPS) is 16.2. The largest absolute Gasteiger partial charge is 0.390 e. The molecule has 1 heterocycles. The van der Waals surface area contributed by atoms with E-state index in [1.807, 2.05) is 11.5 Å². The Morgan fingerprint density at radius 2 is 2.16 bits per heavy atom. The maximum Gasteiger partial charge on any atom is 0.244 e. The van der Waals surface area contributed by atoms with E-state index in [0.717, 1.165) is 25.7 Å². The van der Waals surface area contributed by atoms with Gasteiger partial charge in [0.2, 0.25) is 10.0 Å². The van der Waals surface area contributed by atoms with Gasteiger partial charge in [0.05, 0.1) is 6.61 Å². The van der Waals surface area contributed by atoms with Crippen molar-refractivity contribution in [3.8, 4) is 0 Å². The zero-order valence-corrected chi connectivity index (χ0v) is 12.4. The fourth-order valence-electron chi connectivity index (χ4n) is 2.14. The maximum absolute atomic E-state index is 12.4. The second-order valence-electron chi connectivity index (χ2n) is 5.14. The number of nitrogens with zero attached hydrogens (tertiary/aromatic N) is 2. The van der Waals surface area contributed by atoms with Crippen LogP contribution in [0.15, 0.2) is 17.2 Å². The highest BCUT2D eigenvalue weighted by atomic mass is 32.2. The summed E-state index contributed by atoms with van der Waals surface area (Å²) in [4.78, 5) is 0.294. The molecule has 5 nitrogen and oxygen atoms in total. The van der Waals surface area contributed by atoms with Crippen molar-refractivity contribution in [2.24, 2.45) is 0 Å². The van der Waals surface area contributed by atoms with E-state index in [1.54, 1.807) is 19.3 Å². The van der Waals surface area contributed by atoms with Crippen LogP contribution in [0.3, 0.4) is 0 Å². The third-order valence-electron chi connectivity index (χ3n) is 3.54. The second-order valence-corrected chi connectivity index (χ2v) is 7.19. The highest BCUT2D eigenvalue weighted by Gasteiger charge is 2.29. The average Bonchev–Trinajstić information content (AvgIpc) is 3.14. The van der Waals surface area contributed by atoms with E-state index in [-0.39, 0.29) is 6.61 Å². The Hall–Kier alpha value is -0.850. The van der Waals surface area contributed by atoms with Crippen molar-refractivity contribution in [1.82, 2.24) is 8.87 Å². The van der Waals surface area contributed by atoms with Gasteiger partial charge in [0, 0.05) is 31.5 Å². The van der Waals surface area contributed by atoms with Crippen LogP contribution < -0.4 is 0 Å². The van der Waals surface area contributed by atoms with Crippen molar-refractivity contribution in [3.05, 3.63) is 18.0 Å². The summed E-state index contributed by atoms with van der Waals surface area (Å²) in [6.07, 6.45) is 5.61. The van der Waals surface area contributed by atoms with Crippen LogP contribution >= 0.6 is 0 Å². The van der Waals surface area contributed by atoms with E-state index in [2.05, 4.69) is 0 Å². The molecule has 0 saturated heterocycles. The number of hydrogen-bond donors (Lipinski definition) is 1.